The first-order chi connectivity index (χ1) is 6.56. The SMILES string of the molecule is CCCCCCCCCC[N+](C)(C)C.Cl.[Na+]. The van der Waals surface area contributed by atoms with Crippen molar-refractivity contribution >= 4 is 12.4 Å². The third kappa shape index (κ3) is 20.6. The van der Waals surface area contributed by atoms with Gasteiger partial charge < -0.3 is 4.48 Å². The second-order valence-electron chi connectivity index (χ2n) is 5.49. The average molecular weight is 260 g/mol. The zero-order chi connectivity index (χ0) is 10.9. The van der Waals surface area contributed by atoms with Crippen LogP contribution in [-0.2, 0) is 0 Å². The van der Waals surface area contributed by atoms with E-state index >= 15 is 0 Å². The predicted octanol–water partition coefficient (Wildman–Crippen LogP) is 1.26. The van der Waals surface area contributed by atoms with Gasteiger partial charge in [-0.25, -0.2) is 0 Å². The Bertz CT molecular complexity index is 124. The van der Waals surface area contributed by atoms with Crippen molar-refractivity contribution in [1.82, 2.24) is 0 Å². The van der Waals surface area contributed by atoms with Gasteiger partial charge >= 0.3 is 29.6 Å². The van der Waals surface area contributed by atoms with E-state index in [-0.39, 0.29) is 42.0 Å². The van der Waals surface area contributed by atoms with Crippen LogP contribution in [0.4, 0.5) is 0 Å². The normalized spacial score (nSPS) is 10.5. The van der Waals surface area contributed by atoms with Gasteiger partial charge in [-0.2, -0.15) is 0 Å². The van der Waals surface area contributed by atoms with Crippen LogP contribution in [0.1, 0.15) is 58.3 Å². The second-order valence-corrected chi connectivity index (χ2v) is 5.49. The molecular weight excluding hydrogens is 229 g/mol. The van der Waals surface area contributed by atoms with Gasteiger partial charge in [-0.3, -0.25) is 0 Å². The van der Waals surface area contributed by atoms with Crippen molar-refractivity contribution in [2.24, 2.45) is 0 Å². The number of halogens is 1. The van der Waals surface area contributed by atoms with E-state index in [1.165, 1.54) is 57.9 Å². The van der Waals surface area contributed by atoms with Crippen LogP contribution in [0, 0.1) is 0 Å². The number of nitrogens with zero attached hydrogens (tertiary/aromatic N) is 1. The van der Waals surface area contributed by atoms with Crippen molar-refractivity contribution < 1.29 is 34.0 Å². The second kappa shape index (κ2) is 14.3. The topological polar surface area (TPSA) is 0 Å². The number of rotatable bonds is 9. The van der Waals surface area contributed by atoms with Gasteiger partial charge in [0.25, 0.3) is 0 Å². The summed E-state index contributed by atoms with van der Waals surface area (Å²) >= 11 is 0. The van der Waals surface area contributed by atoms with Crippen LogP contribution in [0.3, 0.4) is 0 Å². The van der Waals surface area contributed by atoms with Crippen LogP contribution in [0.2, 0.25) is 0 Å². The fourth-order valence-corrected chi connectivity index (χ4v) is 1.72. The van der Waals surface area contributed by atoms with Crippen molar-refractivity contribution in [3.8, 4) is 0 Å². The summed E-state index contributed by atoms with van der Waals surface area (Å²) in [5.41, 5.74) is 0. The minimum Gasteiger partial charge on any atom is -0.331 e. The number of quaternary nitrogens is 1. The van der Waals surface area contributed by atoms with Crippen LogP contribution in [0.5, 0.6) is 0 Å². The summed E-state index contributed by atoms with van der Waals surface area (Å²) in [6, 6.07) is 0. The zero-order valence-corrected chi connectivity index (χ0v) is 15.0. The van der Waals surface area contributed by atoms with Crippen LogP contribution >= 0.6 is 12.4 Å². The van der Waals surface area contributed by atoms with E-state index in [9.17, 15) is 0 Å². The van der Waals surface area contributed by atoms with E-state index in [4.69, 9.17) is 0 Å². The van der Waals surface area contributed by atoms with Crippen molar-refractivity contribution in [2.75, 3.05) is 27.7 Å². The Balaban J connectivity index is -0.000000845. The fourth-order valence-electron chi connectivity index (χ4n) is 1.72. The van der Waals surface area contributed by atoms with Gasteiger partial charge in [-0.15, -0.1) is 12.4 Å². The van der Waals surface area contributed by atoms with E-state index in [1.807, 2.05) is 0 Å². The molecular formula is C13H31ClNNa+2. The molecule has 0 aliphatic carbocycles. The molecule has 0 spiro atoms. The molecule has 0 aliphatic heterocycles. The molecule has 0 fully saturated rings. The van der Waals surface area contributed by atoms with Gasteiger partial charge in [0.15, 0.2) is 0 Å². The van der Waals surface area contributed by atoms with Crippen LogP contribution in [-0.4, -0.2) is 32.2 Å². The molecule has 0 radical (unpaired) electrons. The van der Waals surface area contributed by atoms with Gasteiger partial charge in [-0.1, -0.05) is 45.4 Å². The Morgan fingerprint density at radius 1 is 0.688 bits per heavy atom. The summed E-state index contributed by atoms with van der Waals surface area (Å²) in [6.07, 6.45) is 11.4. The molecule has 0 atom stereocenters. The van der Waals surface area contributed by atoms with E-state index in [0.29, 0.717) is 0 Å². The van der Waals surface area contributed by atoms with Gasteiger partial charge in [0.05, 0.1) is 27.7 Å². The van der Waals surface area contributed by atoms with Gasteiger partial charge in [0, 0.05) is 0 Å². The number of hydrogen-bond donors (Lipinski definition) is 0. The zero-order valence-electron chi connectivity index (χ0n) is 12.2. The average Bonchev–Trinajstić information content (AvgIpc) is 2.08. The molecule has 0 N–H and O–H groups in total. The molecule has 3 heteroatoms. The molecule has 1 nitrogen and oxygen atoms in total. The molecule has 0 heterocycles. The molecule has 94 valence electrons. The molecule has 0 aromatic rings. The predicted molar refractivity (Wildman–Crippen MR) is 72.8 cm³/mol. The Labute approximate surface area is 132 Å². The summed E-state index contributed by atoms with van der Waals surface area (Å²) in [4.78, 5) is 0. The standard InChI is InChI=1S/C13H30N.ClH.Na/c1-5-6-7-8-9-10-11-12-13-14(2,3)4;;/h5-13H2,1-4H3;1H;/q+1;;+1. The van der Waals surface area contributed by atoms with Crippen molar-refractivity contribution in [1.29, 1.82) is 0 Å². The molecule has 16 heavy (non-hydrogen) atoms. The van der Waals surface area contributed by atoms with Crippen molar-refractivity contribution in [3.05, 3.63) is 0 Å². The summed E-state index contributed by atoms with van der Waals surface area (Å²) in [5, 5.41) is 0. The maximum Gasteiger partial charge on any atom is 1.00 e. The Kier molecular flexibility index (Phi) is 20.1. The molecule has 0 aliphatic rings. The summed E-state index contributed by atoms with van der Waals surface area (Å²) in [7, 11) is 6.84. The Morgan fingerprint density at radius 2 is 1.06 bits per heavy atom. The first-order valence-corrected chi connectivity index (χ1v) is 6.36. The molecule has 0 amide bonds. The van der Waals surface area contributed by atoms with E-state index in [2.05, 4.69) is 28.1 Å². The monoisotopic (exact) mass is 259 g/mol. The maximum atomic E-state index is 2.28. The third-order valence-electron chi connectivity index (χ3n) is 2.68. The number of unbranched alkanes of at least 4 members (excludes halogenated alkanes) is 7. The minimum absolute atomic E-state index is 0. The van der Waals surface area contributed by atoms with Gasteiger partial charge in [0.1, 0.15) is 0 Å². The number of hydrogen-bond acceptors (Lipinski definition) is 0. The van der Waals surface area contributed by atoms with E-state index in [0.717, 1.165) is 4.48 Å². The first-order valence-electron chi connectivity index (χ1n) is 6.36. The molecule has 0 rings (SSSR count). The van der Waals surface area contributed by atoms with Crippen LogP contribution in [0.25, 0.3) is 0 Å². The quantitative estimate of drug-likeness (QED) is 0.332. The largest absolute Gasteiger partial charge is 1.00 e. The molecule has 0 aromatic carbocycles. The Hall–Kier alpha value is 1.25. The molecule has 0 bridgehead atoms. The molecule has 0 unspecified atom stereocenters. The minimum atomic E-state index is 0. The van der Waals surface area contributed by atoms with E-state index in [1.54, 1.807) is 0 Å². The van der Waals surface area contributed by atoms with Crippen molar-refractivity contribution in [2.45, 2.75) is 58.3 Å². The summed E-state index contributed by atoms with van der Waals surface area (Å²) < 4.78 is 1.12. The molecule has 0 saturated carbocycles. The first kappa shape index (κ1) is 22.4. The van der Waals surface area contributed by atoms with Gasteiger partial charge in [0.2, 0.25) is 0 Å². The van der Waals surface area contributed by atoms with Crippen LogP contribution < -0.4 is 29.6 Å². The Morgan fingerprint density at radius 3 is 1.44 bits per heavy atom. The van der Waals surface area contributed by atoms with E-state index < -0.39 is 0 Å². The van der Waals surface area contributed by atoms with Crippen LogP contribution in [0.15, 0.2) is 0 Å². The third-order valence-corrected chi connectivity index (χ3v) is 2.68. The molecule has 0 aromatic heterocycles. The van der Waals surface area contributed by atoms with Crippen molar-refractivity contribution in [3.63, 3.8) is 0 Å². The van der Waals surface area contributed by atoms with Gasteiger partial charge in [-0.05, 0) is 12.8 Å². The summed E-state index contributed by atoms with van der Waals surface area (Å²) in [6.45, 7) is 3.61. The maximum absolute atomic E-state index is 2.28. The smallest absolute Gasteiger partial charge is 0.331 e. The summed E-state index contributed by atoms with van der Waals surface area (Å²) in [5.74, 6) is 0. The molecule has 0 saturated heterocycles. The fraction of sp³-hybridized carbons (Fsp3) is 1.00.